The van der Waals surface area contributed by atoms with Gasteiger partial charge < -0.3 is 15.2 Å². The van der Waals surface area contributed by atoms with E-state index in [-0.39, 0.29) is 35.2 Å². The molecule has 6 nitrogen and oxygen atoms in total. The Labute approximate surface area is 183 Å². The molecule has 0 bridgehead atoms. The van der Waals surface area contributed by atoms with Crippen LogP contribution in [0, 0.1) is 5.82 Å². The van der Waals surface area contributed by atoms with Gasteiger partial charge in [0.1, 0.15) is 18.0 Å². The van der Waals surface area contributed by atoms with Gasteiger partial charge in [-0.25, -0.2) is 4.39 Å². The molecule has 0 atom stereocenters. The molecule has 0 unspecified atom stereocenters. The van der Waals surface area contributed by atoms with Gasteiger partial charge in [0, 0.05) is 38.5 Å². The second-order valence-electron chi connectivity index (χ2n) is 7.14. The largest absolute Gasteiger partial charge is 0.356 e. The third-order valence-corrected chi connectivity index (χ3v) is 5.49. The average molecular weight is 500 g/mol. The predicted octanol–water partition coefficient (Wildman–Crippen LogP) is 3.27. The van der Waals surface area contributed by atoms with Crippen LogP contribution in [0.4, 0.5) is 4.39 Å². The van der Waals surface area contributed by atoms with Crippen molar-refractivity contribution in [3.8, 4) is 0 Å². The van der Waals surface area contributed by atoms with Gasteiger partial charge in [-0.3, -0.25) is 4.99 Å². The summed E-state index contributed by atoms with van der Waals surface area (Å²) in [4.78, 5) is 4.34. The summed E-state index contributed by atoms with van der Waals surface area (Å²) >= 11 is 0. The molecule has 0 amide bonds. The summed E-state index contributed by atoms with van der Waals surface area (Å²) in [6, 6.07) is 6.98. The Morgan fingerprint density at radius 1 is 1.21 bits per heavy atom. The van der Waals surface area contributed by atoms with Gasteiger partial charge >= 0.3 is 0 Å². The summed E-state index contributed by atoms with van der Waals surface area (Å²) in [5.41, 5.74) is 1.26. The zero-order valence-electron chi connectivity index (χ0n) is 16.6. The number of aryl methyl sites for hydroxylation is 1. The lowest BCUT2D eigenvalue weighted by atomic mass is 9.79. The Kier molecular flexibility index (Phi) is 8.65. The summed E-state index contributed by atoms with van der Waals surface area (Å²) in [5, 5.41) is 14.9. The number of guanidine groups is 1. The molecule has 0 aliphatic heterocycles. The van der Waals surface area contributed by atoms with Crippen molar-refractivity contribution in [2.45, 2.75) is 51.0 Å². The maximum Gasteiger partial charge on any atom is 0.191 e. The van der Waals surface area contributed by atoms with Crippen LogP contribution in [0.2, 0.25) is 0 Å². The molecule has 1 saturated carbocycles. The summed E-state index contributed by atoms with van der Waals surface area (Å²) in [6.07, 6.45) is 7.27. The predicted molar refractivity (Wildman–Crippen MR) is 121 cm³/mol. The molecular formula is C20H30FIN6. The lowest BCUT2D eigenvalue weighted by molar-refractivity contribution is 0.430. The van der Waals surface area contributed by atoms with Crippen LogP contribution in [-0.4, -0.2) is 40.9 Å². The topological polar surface area (TPSA) is 67.1 Å². The second kappa shape index (κ2) is 10.7. The minimum Gasteiger partial charge on any atom is -0.356 e. The first-order valence-corrected chi connectivity index (χ1v) is 9.74. The number of aliphatic imine (C=N–C) groups is 1. The summed E-state index contributed by atoms with van der Waals surface area (Å²) in [5.74, 6) is 1.59. The van der Waals surface area contributed by atoms with E-state index in [1.54, 1.807) is 25.5 Å². The van der Waals surface area contributed by atoms with Crippen molar-refractivity contribution in [1.29, 1.82) is 0 Å². The second-order valence-corrected chi connectivity index (χ2v) is 7.14. The van der Waals surface area contributed by atoms with Crippen molar-refractivity contribution in [2.75, 3.05) is 20.1 Å². The van der Waals surface area contributed by atoms with E-state index in [0.29, 0.717) is 0 Å². The van der Waals surface area contributed by atoms with Crippen molar-refractivity contribution < 1.29 is 4.39 Å². The maximum absolute atomic E-state index is 13.3. The van der Waals surface area contributed by atoms with Gasteiger partial charge in [0.25, 0.3) is 0 Å². The Hall–Kier alpha value is -1.71. The number of rotatable bonds is 7. The minimum absolute atomic E-state index is 0. The van der Waals surface area contributed by atoms with E-state index in [4.69, 9.17) is 0 Å². The molecule has 0 saturated heterocycles. The Balaban J connectivity index is 0.00000280. The van der Waals surface area contributed by atoms with Gasteiger partial charge in [-0.05, 0) is 30.5 Å². The zero-order chi connectivity index (χ0) is 19.1. The molecule has 3 rings (SSSR count). The maximum atomic E-state index is 13.3. The molecule has 1 aromatic heterocycles. The number of halogens is 2. The van der Waals surface area contributed by atoms with Crippen LogP contribution in [0.25, 0.3) is 0 Å². The molecule has 1 aliphatic rings. The highest BCUT2D eigenvalue weighted by Gasteiger charge is 2.35. The van der Waals surface area contributed by atoms with Crippen molar-refractivity contribution in [2.24, 2.45) is 4.99 Å². The fraction of sp³-hybridized carbons (Fsp3) is 0.550. The molecule has 8 heteroatoms. The molecule has 1 aliphatic carbocycles. The third kappa shape index (κ3) is 5.42. The summed E-state index contributed by atoms with van der Waals surface area (Å²) in [7, 11) is 1.78. The first-order valence-electron chi connectivity index (χ1n) is 9.74. The van der Waals surface area contributed by atoms with Gasteiger partial charge in [-0.2, -0.15) is 0 Å². The summed E-state index contributed by atoms with van der Waals surface area (Å²) < 4.78 is 15.4. The third-order valence-electron chi connectivity index (χ3n) is 5.49. The van der Waals surface area contributed by atoms with E-state index >= 15 is 0 Å². The quantitative estimate of drug-likeness (QED) is 0.348. The van der Waals surface area contributed by atoms with Gasteiger partial charge in [0.2, 0.25) is 0 Å². The van der Waals surface area contributed by atoms with Crippen molar-refractivity contribution >= 4 is 29.9 Å². The van der Waals surface area contributed by atoms with Crippen molar-refractivity contribution in [1.82, 2.24) is 25.4 Å². The number of nitrogens with zero attached hydrogens (tertiary/aromatic N) is 4. The monoisotopic (exact) mass is 500 g/mol. The number of nitrogens with one attached hydrogen (secondary N) is 2. The Morgan fingerprint density at radius 2 is 1.93 bits per heavy atom. The molecule has 1 fully saturated rings. The van der Waals surface area contributed by atoms with Crippen LogP contribution in [0.1, 0.15) is 44.0 Å². The fourth-order valence-corrected chi connectivity index (χ4v) is 3.93. The fourth-order valence-electron chi connectivity index (χ4n) is 3.93. The first kappa shape index (κ1) is 22.6. The van der Waals surface area contributed by atoms with Gasteiger partial charge in [-0.1, -0.05) is 31.9 Å². The van der Waals surface area contributed by atoms with Gasteiger partial charge in [-0.15, -0.1) is 34.2 Å². The highest BCUT2D eigenvalue weighted by molar-refractivity contribution is 14.0. The summed E-state index contributed by atoms with van der Waals surface area (Å²) in [6.45, 7) is 4.41. The van der Waals surface area contributed by atoms with Crippen LogP contribution >= 0.6 is 24.0 Å². The van der Waals surface area contributed by atoms with Crippen LogP contribution in [0.5, 0.6) is 0 Å². The smallest absolute Gasteiger partial charge is 0.191 e. The SMILES string of the molecule is CCc1nncn1CCNC(=NC)NCC1(c2ccc(F)cc2)CCCC1.I. The number of benzene rings is 1. The van der Waals surface area contributed by atoms with Crippen LogP contribution < -0.4 is 10.6 Å². The van der Waals surface area contributed by atoms with Crippen molar-refractivity contribution in [3.63, 3.8) is 0 Å². The number of hydrogen-bond acceptors (Lipinski definition) is 3. The van der Waals surface area contributed by atoms with E-state index in [0.717, 1.165) is 50.7 Å². The van der Waals surface area contributed by atoms with Crippen LogP contribution in [0.3, 0.4) is 0 Å². The molecule has 154 valence electrons. The molecule has 0 spiro atoms. The first-order chi connectivity index (χ1) is 13.2. The van der Waals surface area contributed by atoms with E-state index in [1.165, 1.54) is 18.4 Å². The lowest BCUT2D eigenvalue weighted by Gasteiger charge is -2.31. The highest BCUT2D eigenvalue weighted by atomic mass is 127. The standard InChI is InChI=1S/C20H29FN6.HI/c1-3-18-26-25-15-27(18)13-12-23-19(22-2)24-14-20(10-4-5-11-20)16-6-8-17(21)9-7-16;/h6-9,15H,3-5,10-14H2,1-2H3,(H2,22,23,24);1H. The molecule has 2 N–H and O–H groups in total. The normalized spacial score (nSPS) is 15.9. The molecular weight excluding hydrogens is 470 g/mol. The molecule has 0 radical (unpaired) electrons. The zero-order valence-corrected chi connectivity index (χ0v) is 18.9. The van der Waals surface area contributed by atoms with Gasteiger partial charge in [0.05, 0.1) is 0 Å². The average Bonchev–Trinajstić information content (AvgIpc) is 3.35. The van der Waals surface area contributed by atoms with Crippen LogP contribution in [0.15, 0.2) is 35.6 Å². The lowest BCUT2D eigenvalue weighted by Crippen LogP contribution is -2.45. The Morgan fingerprint density at radius 3 is 2.57 bits per heavy atom. The number of hydrogen-bond donors (Lipinski definition) is 2. The van der Waals surface area contributed by atoms with Gasteiger partial charge in [0.15, 0.2) is 5.96 Å². The van der Waals surface area contributed by atoms with Crippen molar-refractivity contribution in [3.05, 3.63) is 47.8 Å². The van der Waals surface area contributed by atoms with E-state index in [1.807, 2.05) is 12.1 Å². The number of aromatic nitrogens is 3. The highest BCUT2D eigenvalue weighted by Crippen LogP contribution is 2.40. The van der Waals surface area contributed by atoms with E-state index < -0.39 is 0 Å². The Bertz CT molecular complexity index is 752. The molecule has 1 heterocycles. The minimum atomic E-state index is -0.183. The van der Waals surface area contributed by atoms with E-state index in [2.05, 4.69) is 37.3 Å². The molecule has 28 heavy (non-hydrogen) atoms. The molecule has 1 aromatic carbocycles. The van der Waals surface area contributed by atoms with E-state index in [9.17, 15) is 4.39 Å². The van der Waals surface area contributed by atoms with Crippen LogP contribution in [-0.2, 0) is 18.4 Å². The molecule has 2 aromatic rings.